The van der Waals surface area contributed by atoms with E-state index in [1.54, 1.807) is 0 Å². The van der Waals surface area contributed by atoms with Crippen LogP contribution in [0.3, 0.4) is 0 Å². The summed E-state index contributed by atoms with van der Waals surface area (Å²) in [5, 5.41) is 34.0. The number of aromatic nitrogens is 10. The summed E-state index contributed by atoms with van der Waals surface area (Å²) in [6.45, 7) is 27.8. The van der Waals surface area contributed by atoms with Crippen LogP contribution < -0.4 is 20.5 Å². The molecule has 25 rings (SSSR count). The molecule has 1 aliphatic heterocycles. The summed E-state index contributed by atoms with van der Waals surface area (Å²) in [6.07, 6.45) is 15.0. The number of hydrogen-bond acceptors (Lipinski definition) is 14. The Kier molecular flexibility index (Phi) is 33.5. The Morgan fingerprint density at radius 3 is 1.11 bits per heavy atom. The SMILES string of the molecule is Cc1cc(-c2[c-]ccc(-c3ccccc3)c2)ncc1[Si](C)(C)C.Cc1cc(-c2[c-]ccc(-c3ccccc3)c2)ncc1[Si](C)(C)C.Cc1cc(-c2[c-]cccc2)ncc1[Si](C)(C)C.[Ir].[Ir].[Ir].[c-]1cc2c(cc1-c1nnc(-c3ccccc3)o1)N(c1ccccc1)C1C=CC=CC21.[c-]1cc2c(cc1-c1nnc(-c3ccccc3)o1)oc1ccccc12.[c-]1cc2c3ccccc3n(-c3ccccc3)c2cc1-c1nnc(-c2ccccc2)o1. The molecule has 15 aromatic carbocycles. The second-order valence-corrected chi connectivity index (χ2v) is 54.6. The van der Waals surface area contributed by atoms with Crippen molar-refractivity contribution in [2.24, 2.45) is 0 Å². The van der Waals surface area contributed by atoms with Crippen molar-refractivity contribution in [3.63, 3.8) is 0 Å². The maximum absolute atomic E-state index is 5.98. The molecular weight excluding hydrogens is 2430 g/mol. The molecule has 0 fully saturated rings. The Morgan fingerprint density at radius 1 is 0.273 bits per heavy atom. The maximum atomic E-state index is 5.98. The molecule has 0 bridgehead atoms. The van der Waals surface area contributed by atoms with Gasteiger partial charge in [0.25, 0.3) is 0 Å². The third-order valence-electron chi connectivity index (χ3n) is 26.1. The molecule has 0 amide bonds. The molecule has 0 spiro atoms. The zero-order valence-electron chi connectivity index (χ0n) is 85.0. The monoisotopic (exact) mass is 2540 g/mol. The van der Waals surface area contributed by atoms with Crippen LogP contribution in [0.15, 0.2) is 437 Å². The molecule has 23 aromatic rings. The van der Waals surface area contributed by atoms with Crippen molar-refractivity contribution in [3.8, 4) is 130 Å². The molecule has 1 aliphatic carbocycles. The number of pyridine rings is 3. The van der Waals surface area contributed by atoms with Gasteiger partial charge in [-0.25, -0.2) is 0 Å². The summed E-state index contributed by atoms with van der Waals surface area (Å²) in [5.41, 5.74) is 28.6. The normalized spacial score (nSPS) is 12.7. The van der Waals surface area contributed by atoms with E-state index in [-0.39, 0.29) is 66.4 Å². The van der Waals surface area contributed by atoms with Crippen molar-refractivity contribution in [2.75, 3.05) is 4.90 Å². The molecule has 15 nitrogen and oxygen atoms in total. The van der Waals surface area contributed by atoms with Gasteiger partial charge in [0, 0.05) is 112 Å². The Morgan fingerprint density at radius 2 is 0.653 bits per heavy atom. The van der Waals surface area contributed by atoms with E-state index < -0.39 is 24.2 Å². The maximum Gasteiger partial charge on any atom is 0.237 e. The van der Waals surface area contributed by atoms with Gasteiger partial charge in [0.2, 0.25) is 17.7 Å². The first-order valence-electron chi connectivity index (χ1n) is 49.3. The molecule has 150 heavy (non-hydrogen) atoms. The van der Waals surface area contributed by atoms with Gasteiger partial charge in [-0.1, -0.05) is 345 Å². The minimum absolute atomic E-state index is 0. The predicted molar refractivity (Wildman–Crippen MR) is 607 cm³/mol. The number of allylic oxidation sites excluding steroid dienone is 2. The van der Waals surface area contributed by atoms with Crippen LogP contribution in [0.25, 0.3) is 174 Å². The van der Waals surface area contributed by atoms with Gasteiger partial charge in [-0.15, -0.1) is 171 Å². The van der Waals surface area contributed by atoms with Crippen LogP contribution in [0.5, 0.6) is 0 Å². The molecule has 0 saturated heterocycles. The summed E-state index contributed by atoms with van der Waals surface area (Å²) < 4.78 is 25.9. The van der Waals surface area contributed by atoms with E-state index in [0.717, 1.165) is 117 Å². The van der Waals surface area contributed by atoms with Gasteiger partial charge in [-0.05, 0) is 165 Å². The Bertz CT molecular complexity index is 8470. The van der Waals surface area contributed by atoms with Crippen LogP contribution in [-0.2, 0) is 60.3 Å². The molecule has 9 heterocycles. The molecule has 2 aliphatic rings. The molecule has 0 saturated carbocycles. The second-order valence-electron chi connectivity index (χ2n) is 39.5. The summed E-state index contributed by atoms with van der Waals surface area (Å²) in [5.74, 6) is 3.17. The number of anilines is 2. The van der Waals surface area contributed by atoms with Gasteiger partial charge >= 0.3 is 0 Å². The number of aryl methyl sites for hydroxylation is 3. The molecule has 2 atom stereocenters. The third-order valence-corrected chi connectivity index (χ3v) is 32.5. The largest absolute Gasteiger partial charge is 0.476 e. The first-order chi connectivity index (χ1) is 71.5. The van der Waals surface area contributed by atoms with Crippen molar-refractivity contribution in [2.45, 2.75) is 91.7 Å². The van der Waals surface area contributed by atoms with E-state index in [1.807, 2.05) is 188 Å². The minimum Gasteiger partial charge on any atom is -0.476 e. The zero-order chi connectivity index (χ0) is 101. The van der Waals surface area contributed by atoms with Crippen molar-refractivity contribution in [1.29, 1.82) is 0 Å². The van der Waals surface area contributed by atoms with E-state index in [9.17, 15) is 0 Å². The number of para-hydroxylation sites is 4. The first-order valence-corrected chi connectivity index (χ1v) is 59.8. The topological polar surface area (TPSA) is 177 Å². The van der Waals surface area contributed by atoms with Crippen LogP contribution in [0.4, 0.5) is 11.4 Å². The average molecular weight is 2540 g/mol. The third kappa shape index (κ3) is 24.1. The summed E-state index contributed by atoms with van der Waals surface area (Å²) in [6, 6.07) is 147. The number of furan rings is 1. The Hall–Kier alpha value is -15.4. The van der Waals surface area contributed by atoms with Gasteiger partial charge in [0.1, 0.15) is 5.58 Å². The van der Waals surface area contributed by atoms with Crippen molar-refractivity contribution >= 4 is 94.9 Å². The Balaban J connectivity index is 0.000000123. The van der Waals surface area contributed by atoms with Gasteiger partial charge in [0.15, 0.2) is 17.7 Å². The zero-order valence-corrected chi connectivity index (χ0v) is 95.2. The standard InChI is InChI=1S/C26H18N3O.C26H16N3O.2C21H22NSi.C20H11N2O2.C15H18NSi.3Ir/c2*1-3-9-18(10-4-1)25-27-28-26(30-25)19-15-16-22-21-13-7-8-14-23(21)29(24(22)17-19)20-11-5-2-6-12-20;2*1-16-13-20(22-15-21(16)23(2,3)4)19-12-8-11-18(14-19)17-9-6-5-7-10-17;1-2-6-13(7-3-1)19-21-22-20(24-19)14-10-11-16-15-8-4-5-9-17(15)23-18(16)12-14;1-12-10-14(13-8-6-5-7-9-13)16-11-15(12)17(2,3)4;;;/h1-14,16-17,21,23H;1-14,16-17H;2*5-11,13-15H,1-4H3;1-9,11-12H;5-8,10-11H,1-4H3;;;/q6*-1;;;. The van der Waals surface area contributed by atoms with Crippen LogP contribution in [0, 0.1) is 57.2 Å². The fraction of sp³-hybridized carbons (Fsp3) is 0.109. The van der Waals surface area contributed by atoms with E-state index in [2.05, 4.69) is 392 Å². The minimum atomic E-state index is -1.34. The van der Waals surface area contributed by atoms with Gasteiger partial charge < -0.3 is 42.1 Å². The molecule has 0 N–H and O–H groups in total. The van der Waals surface area contributed by atoms with E-state index in [4.69, 9.17) is 27.6 Å². The summed E-state index contributed by atoms with van der Waals surface area (Å²) >= 11 is 0. The van der Waals surface area contributed by atoms with E-state index in [0.29, 0.717) is 41.3 Å². The van der Waals surface area contributed by atoms with Gasteiger partial charge in [0.05, 0.1) is 35.8 Å². The summed E-state index contributed by atoms with van der Waals surface area (Å²) in [7, 11) is -3.95. The summed E-state index contributed by atoms with van der Waals surface area (Å²) in [4.78, 5) is 16.4. The Labute approximate surface area is 919 Å². The fourth-order valence-corrected chi connectivity index (χ4v) is 24.0. The fourth-order valence-electron chi connectivity index (χ4n) is 18.9. The molecule has 3 radical (unpaired) electrons. The number of benzene rings is 15. The number of nitrogens with zero attached hydrogens (tertiary/aromatic N) is 11. The van der Waals surface area contributed by atoms with Crippen LogP contribution in [-0.4, -0.2) is 80.4 Å². The van der Waals surface area contributed by atoms with Crippen LogP contribution in [0.2, 0.25) is 58.9 Å². The molecule has 2 unspecified atom stereocenters. The number of fused-ring (bicyclic) bond motifs is 9. The second kappa shape index (κ2) is 47.4. The van der Waals surface area contributed by atoms with E-state index >= 15 is 0 Å². The van der Waals surface area contributed by atoms with E-state index in [1.165, 1.54) is 71.1 Å². The molecular formula is C129H107Ir3N11O4Si3-6. The molecule has 21 heteroatoms. The van der Waals surface area contributed by atoms with Crippen molar-refractivity contribution in [1.82, 2.24) is 50.1 Å². The molecule has 8 aromatic heterocycles. The smallest absolute Gasteiger partial charge is 0.237 e. The predicted octanol–water partition coefficient (Wildman–Crippen LogP) is 30.9. The first kappa shape index (κ1) is 106. The number of hydrogen-bond donors (Lipinski definition) is 0. The van der Waals surface area contributed by atoms with Crippen LogP contribution >= 0.6 is 0 Å². The molecule has 747 valence electrons. The van der Waals surface area contributed by atoms with Gasteiger partial charge in [-0.3, -0.25) is 0 Å². The van der Waals surface area contributed by atoms with Crippen molar-refractivity contribution < 1.29 is 78.0 Å². The quantitative estimate of drug-likeness (QED) is 0.0659. The van der Waals surface area contributed by atoms with Gasteiger partial charge in [-0.2, -0.15) is 15.3 Å². The van der Waals surface area contributed by atoms with Crippen LogP contribution in [0.1, 0.15) is 28.2 Å². The van der Waals surface area contributed by atoms with Crippen molar-refractivity contribution in [3.05, 3.63) is 478 Å². The number of rotatable bonds is 16. The average Bonchev–Trinajstić information content (AvgIpc) is 1.59.